The van der Waals surface area contributed by atoms with Crippen LogP contribution in [0.1, 0.15) is 11.3 Å². The maximum atomic E-state index is 12.0. The van der Waals surface area contributed by atoms with Crippen LogP contribution >= 0.6 is 34.8 Å². The third kappa shape index (κ3) is 4.12. The first kappa shape index (κ1) is 18.6. The SMILES string of the molecule is Cc1onc(-c2c(Cl)cccc2Cl)c1COC(=O)Nc1ccc(Cl)cc1. The minimum absolute atomic E-state index is 0.0500. The van der Waals surface area contributed by atoms with Gasteiger partial charge in [-0.1, -0.05) is 46.0 Å². The smallest absolute Gasteiger partial charge is 0.411 e. The first-order chi connectivity index (χ1) is 12.5. The Hall–Kier alpha value is -2.21. The summed E-state index contributed by atoms with van der Waals surface area (Å²) in [6.07, 6.45) is -0.621. The van der Waals surface area contributed by atoms with Crippen molar-refractivity contribution in [3.05, 3.63) is 68.9 Å². The van der Waals surface area contributed by atoms with Crippen molar-refractivity contribution in [1.82, 2.24) is 5.16 Å². The lowest BCUT2D eigenvalue weighted by atomic mass is 10.1. The van der Waals surface area contributed by atoms with Crippen LogP contribution < -0.4 is 5.32 Å². The fraction of sp³-hybridized carbons (Fsp3) is 0.111. The largest absolute Gasteiger partial charge is 0.444 e. The zero-order chi connectivity index (χ0) is 18.7. The molecule has 1 N–H and O–H groups in total. The van der Waals surface area contributed by atoms with Gasteiger partial charge in [0.05, 0.1) is 15.6 Å². The number of ether oxygens (including phenoxy) is 1. The summed E-state index contributed by atoms with van der Waals surface area (Å²) in [4.78, 5) is 12.0. The molecule has 0 spiro atoms. The highest BCUT2D eigenvalue weighted by molar-refractivity contribution is 6.39. The maximum absolute atomic E-state index is 12.0. The predicted molar refractivity (Wildman–Crippen MR) is 102 cm³/mol. The third-order valence-electron chi connectivity index (χ3n) is 3.62. The Morgan fingerprint density at radius 2 is 1.77 bits per heavy atom. The first-order valence-corrected chi connectivity index (χ1v) is 8.68. The second-order valence-corrected chi connectivity index (χ2v) is 6.62. The van der Waals surface area contributed by atoms with Crippen LogP contribution in [0.25, 0.3) is 11.3 Å². The molecular formula is C18H13Cl3N2O3. The van der Waals surface area contributed by atoms with E-state index in [4.69, 9.17) is 44.1 Å². The molecule has 5 nitrogen and oxygen atoms in total. The van der Waals surface area contributed by atoms with Crippen molar-refractivity contribution in [3.8, 4) is 11.3 Å². The third-order valence-corrected chi connectivity index (χ3v) is 4.50. The van der Waals surface area contributed by atoms with E-state index in [1.807, 2.05) is 0 Å². The van der Waals surface area contributed by atoms with Crippen LogP contribution in [0.2, 0.25) is 15.1 Å². The van der Waals surface area contributed by atoms with Gasteiger partial charge in [0.15, 0.2) is 0 Å². The van der Waals surface area contributed by atoms with Crippen molar-refractivity contribution in [3.63, 3.8) is 0 Å². The molecule has 134 valence electrons. The summed E-state index contributed by atoms with van der Waals surface area (Å²) in [7, 11) is 0. The lowest BCUT2D eigenvalue weighted by molar-refractivity contribution is 0.154. The number of aryl methyl sites for hydroxylation is 1. The fourth-order valence-electron chi connectivity index (χ4n) is 2.31. The number of carbonyl (C=O) groups excluding carboxylic acids is 1. The van der Waals surface area contributed by atoms with Crippen molar-refractivity contribution < 1.29 is 14.1 Å². The van der Waals surface area contributed by atoms with Gasteiger partial charge in [-0.3, -0.25) is 5.32 Å². The van der Waals surface area contributed by atoms with Crippen molar-refractivity contribution in [2.24, 2.45) is 0 Å². The Bertz CT molecular complexity index is 919. The molecule has 0 radical (unpaired) electrons. The fourth-order valence-corrected chi connectivity index (χ4v) is 3.01. The van der Waals surface area contributed by atoms with Gasteiger partial charge in [-0.25, -0.2) is 4.79 Å². The molecule has 0 aliphatic carbocycles. The molecule has 1 aromatic heterocycles. The standard InChI is InChI=1S/C18H13Cl3N2O3/c1-10-13(9-25-18(24)22-12-7-5-11(19)6-8-12)17(23-26-10)16-14(20)3-2-4-15(16)21/h2-8H,9H2,1H3,(H,22,24). The number of hydrogen-bond acceptors (Lipinski definition) is 4. The molecule has 0 bridgehead atoms. The van der Waals surface area contributed by atoms with Gasteiger partial charge in [-0.05, 0) is 43.3 Å². The zero-order valence-electron chi connectivity index (χ0n) is 13.6. The van der Waals surface area contributed by atoms with Gasteiger partial charge in [-0.15, -0.1) is 0 Å². The van der Waals surface area contributed by atoms with Crippen LogP contribution in [0, 0.1) is 6.92 Å². The number of amides is 1. The van der Waals surface area contributed by atoms with Gasteiger partial charge < -0.3 is 9.26 Å². The molecule has 0 unspecified atom stereocenters. The molecule has 8 heteroatoms. The minimum atomic E-state index is -0.621. The van der Waals surface area contributed by atoms with Gasteiger partial charge in [0.25, 0.3) is 0 Å². The number of carbonyl (C=O) groups is 1. The summed E-state index contributed by atoms with van der Waals surface area (Å²) in [6, 6.07) is 11.8. The number of nitrogens with zero attached hydrogens (tertiary/aromatic N) is 1. The minimum Gasteiger partial charge on any atom is -0.444 e. The van der Waals surface area contributed by atoms with E-state index in [2.05, 4.69) is 10.5 Å². The van der Waals surface area contributed by atoms with Crippen LogP contribution in [-0.4, -0.2) is 11.2 Å². The molecule has 1 amide bonds. The Morgan fingerprint density at radius 3 is 2.42 bits per heavy atom. The van der Waals surface area contributed by atoms with Gasteiger partial charge in [-0.2, -0.15) is 0 Å². The molecule has 0 saturated heterocycles. The van der Waals surface area contributed by atoms with Gasteiger partial charge >= 0.3 is 6.09 Å². The van der Waals surface area contributed by atoms with Crippen molar-refractivity contribution in [1.29, 1.82) is 0 Å². The van der Waals surface area contributed by atoms with E-state index in [1.54, 1.807) is 49.4 Å². The highest BCUT2D eigenvalue weighted by Crippen LogP contribution is 2.36. The first-order valence-electron chi connectivity index (χ1n) is 7.54. The number of aromatic nitrogens is 1. The number of rotatable bonds is 4. The molecule has 0 atom stereocenters. The number of nitrogens with one attached hydrogen (secondary N) is 1. The van der Waals surface area contributed by atoms with Gasteiger partial charge in [0, 0.05) is 16.3 Å². The average molecular weight is 412 g/mol. The molecule has 0 fully saturated rings. The van der Waals surface area contributed by atoms with Crippen molar-refractivity contribution >= 4 is 46.6 Å². The number of halogens is 3. The van der Waals surface area contributed by atoms with Crippen molar-refractivity contribution in [2.75, 3.05) is 5.32 Å². The zero-order valence-corrected chi connectivity index (χ0v) is 15.8. The summed E-state index contributed by atoms with van der Waals surface area (Å²) in [5.74, 6) is 0.510. The predicted octanol–water partition coefficient (Wildman–Crippen LogP) is 6.36. The van der Waals surface area contributed by atoms with Crippen molar-refractivity contribution in [2.45, 2.75) is 13.5 Å². The van der Waals surface area contributed by atoms with E-state index >= 15 is 0 Å². The van der Waals surface area contributed by atoms with E-state index in [-0.39, 0.29) is 6.61 Å². The van der Waals surface area contributed by atoms with Gasteiger partial charge in [0.2, 0.25) is 0 Å². The van der Waals surface area contributed by atoms with Crippen LogP contribution in [0.15, 0.2) is 47.0 Å². The van der Waals surface area contributed by atoms with Crippen LogP contribution in [-0.2, 0) is 11.3 Å². The van der Waals surface area contributed by atoms with Crippen LogP contribution in [0.4, 0.5) is 10.5 Å². The highest BCUT2D eigenvalue weighted by Gasteiger charge is 2.20. The Morgan fingerprint density at radius 1 is 1.12 bits per heavy atom. The molecule has 2 aromatic carbocycles. The Kier molecular flexibility index (Phi) is 5.71. The Labute approximate surface area is 164 Å². The molecule has 0 aliphatic heterocycles. The molecule has 1 heterocycles. The molecule has 3 aromatic rings. The molecule has 3 rings (SSSR count). The van der Waals surface area contributed by atoms with E-state index in [1.165, 1.54) is 0 Å². The second kappa shape index (κ2) is 7.99. The monoisotopic (exact) mass is 410 g/mol. The molecule has 0 aliphatic rings. The molecule has 0 saturated carbocycles. The quantitative estimate of drug-likeness (QED) is 0.542. The van der Waals surface area contributed by atoms with E-state index < -0.39 is 6.09 Å². The number of hydrogen-bond donors (Lipinski definition) is 1. The average Bonchev–Trinajstić information content (AvgIpc) is 2.96. The summed E-state index contributed by atoms with van der Waals surface area (Å²) >= 11 is 18.3. The topological polar surface area (TPSA) is 64.4 Å². The Balaban J connectivity index is 1.75. The number of benzene rings is 2. The van der Waals surface area contributed by atoms with Crippen LogP contribution in [0.5, 0.6) is 0 Å². The van der Waals surface area contributed by atoms with Crippen LogP contribution in [0.3, 0.4) is 0 Å². The van der Waals surface area contributed by atoms with Gasteiger partial charge in [0.1, 0.15) is 18.1 Å². The lowest BCUT2D eigenvalue weighted by Gasteiger charge is -2.09. The number of anilines is 1. The molecule has 26 heavy (non-hydrogen) atoms. The van der Waals surface area contributed by atoms with E-state index in [0.717, 1.165) is 0 Å². The highest BCUT2D eigenvalue weighted by atomic mass is 35.5. The molecular weight excluding hydrogens is 399 g/mol. The normalized spacial score (nSPS) is 10.6. The lowest BCUT2D eigenvalue weighted by Crippen LogP contribution is -2.13. The summed E-state index contributed by atoms with van der Waals surface area (Å²) < 4.78 is 10.5. The second-order valence-electron chi connectivity index (χ2n) is 5.37. The summed E-state index contributed by atoms with van der Waals surface area (Å²) in [6.45, 7) is 1.67. The van der Waals surface area contributed by atoms with E-state index in [9.17, 15) is 4.79 Å². The summed E-state index contributed by atoms with van der Waals surface area (Å²) in [5.41, 5.74) is 2.13. The maximum Gasteiger partial charge on any atom is 0.411 e. The summed E-state index contributed by atoms with van der Waals surface area (Å²) in [5, 5.41) is 8.05. The van der Waals surface area contributed by atoms with E-state index in [0.29, 0.717) is 43.3 Å².